The summed E-state index contributed by atoms with van der Waals surface area (Å²) in [6, 6.07) is 6.16. The number of rotatable bonds is 0. The second-order valence-corrected chi connectivity index (χ2v) is 12.4. The summed E-state index contributed by atoms with van der Waals surface area (Å²) in [6.07, 6.45) is 0. The van der Waals surface area contributed by atoms with Crippen LogP contribution in [0, 0.1) is 93.0 Å². The smallest absolute Gasteiger partial charge is 0.180 e. The van der Waals surface area contributed by atoms with E-state index in [4.69, 9.17) is 10.5 Å². The monoisotopic (exact) mass is 912 g/mol. The molecular formula is C29H3Br4F7N8. The molecule has 0 saturated carbocycles. The molecule has 0 unspecified atom stereocenters. The normalized spacial score (nSPS) is 10.8. The third-order valence-corrected chi connectivity index (χ3v) is 9.62. The molecule has 0 saturated heterocycles. The van der Waals surface area contributed by atoms with E-state index in [0.29, 0.717) is 0 Å². The van der Waals surface area contributed by atoms with E-state index in [-0.39, 0.29) is 62.1 Å². The van der Waals surface area contributed by atoms with Crippen LogP contribution in [0.3, 0.4) is 0 Å². The van der Waals surface area contributed by atoms with Gasteiger partial charge in [-0.15, -0.1) is 0 Å². The molecule has 0 radical (unpaired) electrons. The second kappa shape index (κ2) is 12.8. The van der Waals surface area contributed by atoms with Gasteiger partial charge >= 0.3 is 0 Å². The zero-order chi connectivity index (χ0) is 35.5. The van der Waals surface area contributed by atoms with Gasteiger partial charge in [0.05, 0.1) is 23.5 Å². The van der Waals surface area contributed by atoms with Crippen molar-refractivity contribution in [3.63, 3.8) is 0 Å². The highest BCUT2D eigenvalue weighted by molar-refractivity contribution is 9.11. The van der Waals surface area contributed by atoms with Crippen LogP contribution in [-0.2, 0) is 0 Å². The van der Waals surface area contributed by atoms with Gasteiger partial charge in [-0.3, -0.25) is 0 Å². The summed E-state index contributed by atoms with van der Waals surface area (Å²) in [7, 11) is 0. The molecule has 2 aromatic heterocycles. The predicted molar refractivity (Wildman–Crippen MR) is 168 cm³/mol. The SMILES string of the molecule is Cc1c(F)c(C#N)c2nc3c(C#N)c(F)c(F)c(C#N)c3nc2c1C#N.Fc1c(F)c(Br)c2nc3c(Br)c(F)c(F)c(Br)c3nc2c1Br. The fourth-order valence-electron chi connectivity index (χ4n) is 4.43. The lowest BCUT2D eigenvalue weighted by Crippen LogP contribution is -2.05. The lowest BCUT2D eigenvalue weighted by atomic mass is 10.0. The number of hydrogen-bond acceptors (Lipinski definition) is 8. The Balaban J connectivity index is 0.000000190. The molecule has 6 rings (SSSR count). The second-order valence-electron chi connectivity index (χ2n) is 9.26. The minimum Gasteiger partial charge on any atom is -0.242 e. The minimum atomic E-state index is -1.60. The molecule has 0 aliphatic rings. The molecule has 0 aliphatic heterocycles. The van der Waals surface area contributed by atoms with E-state index in [1.807, 2.05) is 0 Å². The van der Waals surface area contributed by atoms with Crippen molar-refractivity contribution in [1.82, 2.24) is 19.9 Å². The van der Waals surface area contributed by atoms with Crippen molar-refractivity contribution in [2.24, 2.45) is 0 Å². The van der Waals surface area contributed by atoms with Gasteiger partial charge < -0.3 is 0 Å². The van der Waals surface area contributed by atoms with Crippen LogP contribution in [0.4, 0.5) is 30.7 Å². The summed E-state index contributed by atoms with van der Waals surface area (Å²) in [5, 5.41) is 36.7. The molecule has 8 nitrogen and oxygen atoms in total. The largest absolute Gasteiger partial charge is 0.242 e. The van der Waals surface area contributed by atoms with Gasteiger partial charge in [0.2, 0.25) is 0 Å². The van der Waals surface area contributed by atoms with Crippen molar-refractivity contribution in [2.75, 3.05) is 0 Å². The topological polar surface area (TPSA) is 147 Å². The molecular weight excluding hydrogens is 913 g/mol. The van der Waals surface area contributed by atoms with E-state index in [9.17, 15) is 41.3 Å². The summed E-state index contributed by atoms with van der Waals surface area (Å²) in [5.74, 6) is -8.83. The summed E-state index contributed by atoms with van der Waals surface area (Å²) in [5.41, 5.74) is -4.36. The number of benzene rings is 4. The Morgan fingerprint density at radius 3 is 0.875 bits per heavy atom. The number of fused-ring (bicyclic) bond motifs is 4. The number of hydrogen-bond donors (Lipinski definition) is 0. The third-order valence-electron chi connectivity index (χ3n) is 6.73. The molecule has 0 aliphatic carbocycles. The van der Waals surface area contributed by atoms with Crippen LogP contribution in [-0.4, -0.2) is 19.9 Å². The maximum absolute atomic E-state index is 14.4. The average molecular weight is 916 g/mol. The van der Waals surface area contributed by atoms with E-state index in [1.165, 1.54) is 19.1 Å². The number of halogens is 11. The van der Waals surface area contributed by atoms with Crippen LogP contribution in [0.25, 0.3) is 44.1 Å². The Hall–Kier alpha value is -4.53. The molecule has 19 heteroatoms. The van der Waals surface area contributed by atoms with E-state index >= 15 is 0 Å². The van der Waals surface area contributed by atoms with E-state index in [0.717, 1.165) is 0 Å². The Kier molecular flexibility index (Phi) is 9.30. The van der Waals surface area contributed by atoms with Crippen molar-refractivity contribution in [3.8, 4) is 24.3 Å². The Labute approximate surface area is 295 Å². The van der Waals surface area contributed by atoms with E-state index in [2.05, 4.69) is 83.7 Å². The van der Waals surface area contributed by atoms with Crippen LogP contribution < -0.4 is 0 Å². The van der Waals surface area contributed by atoms with Gasteiger partial charge in [0.25, 0.3) is 0 Å². The van der Waals surface area contributed by atoms with Crippen LogP contribution in [0.15, 0.2) is 17.9 Å². The zero-order valence-corrected chi connectivity index (χ0v) is 29.1. The van der Waals surface area contributed by atoms with Gasteiger partial charge in [0, 0.05) is 5.56 Å². The fraction of sp³-hybridized carbons (Fsp3) is 0.0345. The van der Waals surface area contributed by atoms with Crippen molar-refractivity contribution in [3.05, 3.63) is 86.4 Å². The summed E-state index contributed by atoms with van der Waals surface area (Å²) in [4.78, 5) is 16.0. The van der Waals surface area contributed by atoms with Crippen molar-refractivity contribution < 1.29 is 30.7 Å². The Morgan fingerprint density at radius 1 is 0.375 bits per heavy atom. The van der Waals surface area contributed by atoms with Crippen LogP contribution >= 0.6 is 63.7 Å². The molecule has 0 spiro atoms. The first-order valence-corrected chi connectivity index (χ1v) is 15.4. The zero-order valence-electron chi connectivity index (χ0n) is 22.7. The van der Waals surface area contributed by atoms with Crippen LogP contribution in [0.2, 0.25) is 0 Å². The van der Waals surface area contributed by atoms with Gasteiger partial charge in [-0.2, -0.15) is 21.0 Å². The summed E-state index contributed by atoms with van der Waals surface area (Å²) >= 11 is 11.6. The molecule has 236 valence electrons. The molecule has 0 bridgehead atoms. The van der Waals surface area contributed by atoms with E-state index < -0.39 is 68.4 Å². The number of nitriles is 4. The minimum absolute atomic E-state index is 0.0307. The number of aromatic nitrogens is 4. The predicted octanol–water partition coefficient (Wildman–Crippen LogP) is 9.38. The van der Waals surface area contributed by atoms with Crippen LogP contribution in [0.5, 0.6) is 0 Å². The molecule has 6 aromatic rings. The highest BCUT2D eigenvalue weighted by Crippen LogP contribution is 2.39. The number of nitrogens with zero attached hydrogens (tertiary/aromatic N) is 8. The van der Waals surface area contributed by atoms with Gasteiger partial charge in [0.15, 0.2) is 34.9 Å². The summed E-state index contributed by atoms with van der Waals surface area (Å²) in [6.45, 7) is 1.25. The quantitative estimate of drug-likeness (QED) is 0.0634. The fourth-order valence-corrected chi connectivity index (χ4v) is 6.23. The molecule has 48 heavy (non-hydrogen) atoms. The Bertz CT molecular complexity index is 2310. The van der Waals surface area contributed by atoms with E-state index in [1.54, 1.807) is 12.1 Å². The van der Waals surface area contributed by atoms with Crippen molar-refractivity contribution in [2.45, 2.75) is 6.92 Å². The van der Waals surface area contributed by atoms with Crippen molar-refractivity contribution in [1.29, 1.82) is 21.0 Å². The highest BCUT2D eigenvalue weighted by Gasteiger charge is 2.27. The van der Waals surface area contributed by atoms with Crippen molar-refractivity contribution >= 4 is 108 Å². The lowest BCUT2D eigenvalue weighted by Gasteiger charge is -2.10. The first-order chi connectivity index (χ1) is 22.7. The van der Waals surface area contributed by atoms with Gasteiger partial charge in [-0.05, 0) is 70.6 Å². The molecule has 0 amide bonds. The molecule has 0 atom stereocenters. The highest BCUT2D eigenvalue weighted by atomic mass is 79.9. The molecule has 0 fully saturated rings. The maximum Gasteiger partial charge on any atom is 0.180 e. The first-order valence-electron chi connectivity index (χ1n) is 12.3. The van der Waals surface area contributed by atoms with Crippen LogP contribution in [0.1, 0.15) is 27.8 Å². The van der Waals surface area contributed by atoms with Gasteiger partial charge in [-0.1, -0.05) is 0 Å². The maximum atomic E-state index is 14.4. The first kappa shape index (κ1) is 34.8. The lowest BCUT2D eigenvalue weighted by molar-refractivity contribution is 0.501. The standard InChI is InChI=1S/C17H3F3N6.C12Br4F4N2/c1-6-7(2-21)14-15(8(3-22)11(6)18)26-17-10(5-24)13(20)12(19)9(4-23)16(17)25-14;13-1-5(17)6(18)2(14)10-9(1)21-11-3(15)7(19)8(20)4(16)12(11)22-10/h1H3;. The van der Waals surface area contributed by atoms with Gasteiger partial charge in [0.1, 0.15) is 90.9 Å². The molecule has 2 heterocycles. The molecule has 0 N–H and O–H groups in total. The average Bonchev–Trinajstić information content (AvgIpc) is 3.08. The summed E-state index contributed by atoms with van der Waals surface area (Å²) < 4.78 is 96.5. The Morgan fingerprint density at radius 2 is 0.604 bits per heavy atom. The molecule has 4 aromatic carbocycles. The van der Waals surface area contributed by atoms with Gasteiger partial charge in [-0.25, -0.2) is 50.7 Å². The third kappa shape index (κ3) is 5.09.